The number of nitrogens with one attached hydrogen (secondary N) is 1. The maximum Gasteiger partial charge on any atom is 0.425 e. The van der Waals surface area contributed by atoms with Crippen LogP contribution < -0.4 is 20.4 Å². The third-order valence-corrected chi connectivity index (χ3v) is 17.7. The fourth-order valence-corrected chi connectivity index (χ4v) is 12.5. The van der Waals surface area contributed by atoms with Gasteiger partial charge in [-0.05, 0) is 114 Å². The zero-order chi connectivity index (χ0) is 74.9. The zero-order valence-electron chi connectivity index (χ0n) is 56.5. The molecular weight excluding hydrogens is 1420 g/mol. The van der Waals surface area contributed by atoms with Gasteiger partial charge in [0.15, 0.2) is 0 Å². The molecule has 0 fully saturated rings. The maximum absolute atomic E-state index is 12.4. The lowest BCUT2D eigenvalue weighted by molar-refractivity contribution is 0.0635. The summed E-state index contributed by atoms with van der Waals surface area (Å²) in [5, 5.41) is 24.5. The first kappa shape index (κ1) is 72.3. The summed E-state index contributed by atoms with van der Waals surface area (Å²) in [6, 6.07) is 65.8. The molecule has 0 aliphatic carbocycles. The summed E-state index contributed by atoms with van der Waals surface area (Å²) in [7, 11) is -1.49. The summed E-state index contributed by atoms with van der Waals surface area (Å²) < 4.78 is 75.8. The van der Waals surface area contributed by atoms with Crippen LogP contribution in [0.4, 0.5) is 11.6 Å². The van der Waals surface area contributed by atoms with Gasteiger partial charge in [-0.25, -0.2) is 9.78 Å². The maximum atomic E-state index is 12.4. The molecular formula is C77H57ClN12O14S2. The van der Waals surface area contributed by atoms with Gasteiger partial charge in [-0.15, -0.1) is 22.8 Å². The van der Waals surface area contributed by atoms with Gasteiger partial charge >= 0.3 is 16.2 Å². The van der Waals surface area contributed by atoms with Gasteiger partial charge in [0.2, 0.25) is 11.2 Å². The van der Waals surface area contributed by atoms with Crippen molar-refractivity contribution in [3.05, 3.63) is 286 Å². The second-order valence-corrected chi connectivity index (χ2v) is 25.3. The van der Waals surface area contributed by atoms with E-state index in [1.807, 2.05) is 146 Å². The van der Waals surface area contributed by atoms with Gasteiger partial charge in [0.1, 0.15) is 39.2 Å². The minimum absolute atomic E-state index is 0.111. The van der Waals surface area contributed by atoms with Gasteiger partial charge in [0, 0.05) is 86.2 Å². The van der Waals surface area contributed by atoms with E-state index in [-0.39, 0.29) is 39.4 Å². The summed E-state index contributed by atoms with van der Waals surface area (Å²) >= 11 is 5.85. The Bertz CT molecular complexity index is 5900. The standard InChI is InChI=1S/C30H22N6O3S.C19H13ClN4O2.2C14H11NO3.O3S/c37-40(38,39)30-19-27(36-32-21-29(34-36)24-9-5-2-6-10-24)18-15-25(30)14-11-22-12-16-26(17-13-22)35-31-20-28(33-35)23-7-3-1-4-8-23;1-11-21-18(20)24-19(22-11)23-14-8-7-13-9-15(12-5-3-2-4-6-12)17(25)26-16(13)10-14;2*1-15-13(16)9-5-3-4-8-11(18-2)7-6-10(12(8)9)14(15)17;1-4(2)3/h1-21H,(H,37,38,39);2-10H,1H3,(H,21,22,23,24);2*3-7H,1-2H3;. The number of ether oxygens (including phenoxy) is 2. The second-order valence-electron chi connectivity index (χ2n) is 23.2. The third kappa shape index (κ3) is 15.9. The van der Waals surface area contributed by atoms with E-state index in [0.29, 0.717) is 90.1 Å². The highest BCUT2D eigenvalue weighted by molar-refractivity contribution is 7.86. The van der Waals surface area contributed by atoms with Crippen molar-refractivity contribution in [1.29, 1.82) is 0 Å². The zero-order valence-corrected chi connectivity index (χ0v) is 58.9. The molecule has 4 aromatic heterocycles. The third-order valence-electron chi connectivity index (χ3n) is 16.6. The molecule has 2 N–H and O–H groups in total. The highest BCUT2D eigenvalue weighted by Crippen LogP contribution is 2.37. The molecule has 26 nitrogen and oxygen atoms in total. The number of fused-ring (bicyclic) bond motifs is 1. The van der Waals surface area contributed by atoms with Crippen LogP contribution in [0.1, 0.15) is 58.4 Å². The number of amides is 4. The number of imide groups is 2. The van der Waals surface area contributed by atoms with Gasteiger partial charge in [-0.2, -0.15) is 38.2 Å². The minimum Gasteiger partial charge on any atom is -0.496 e. The number of halogens is 1. The van der Waals surface area contributed by atoms with E-state index in [1.165, 1.54) is 25.0 Å². The van der Waals surface area contributed by atoms with Crippen LogP contribution in [0, 0.1) is 6.92 Å². The number of benzene rings is 10. The minimum atomic E-state index is -4.52. The molecule has 0 spiro atoms. The predicted molar refractivity (Wildman–Crippen MR) is 397 cm³/mol. The first-order valence-corrected chi connectivity index (χ1v) is 34.6. The van der Waals surface area contributed by atoms with E-state index in [0.717, 1.165) is 59.6 Å². The molecule has 0 unspecified atom stereocenters. The van der Waals surface area contributed by atoms with Gasteiger partial charge in [0.25, 0.3) is 33.7 Å². The molecule has 2 aliphatic rings. The van der Waals surface area contributed by atoms with Gasteiger partial charge in [0.05, 0.1) is 43.6 Å². The summed E-state index contributed by atoms with van der Waals surface area (Å²) in [5.74, 6) is 1.08. The number of hydrogen-bond donors (Lipinski definition) is 2. The summed E-state index contributed by atoms with van der Waals surface area (Å²) in [6.07, 6.45) is 6.71. The molecule has 4 amide bonds. The number of nitrogens with zero attached hydrogens (tertiary/aromatic N) is 11. The quantitative estimate of drug-likeness (QED) is 0.0496. The van der Waals surface area contributed by atoms with Gasteiger partial charge < -0.3 is 19.2 Å². The van der Waals surface area contributed by atoms with Crippen molar-refractivity contribution in [2.24, 2.45) is 0 Å². The molecule has 0 saturated heterocycles. The highest BCUT2D eigenvalue weighted by Gasteiger charge is 2.32. The van der Waals surface area contributed by atoms with Crippen molar-refractivity contribution in [3.8, 4) is 56.5 Å². The number of rotatable bonds is 12. The molecule has 10 aromatic carbocycles. The number of anilines is 2. The van der Waals surface area contributed by atoms with Crippen LogP contribution in [0.2, 0.25) is 5.28 Å². The molecule has 0 radical (unpaired) electrons. The van der Waals surface area contributed by atoms with Crippen LogP contribution in [-0.4, -0.2) is 132 Å². The van der Waals surface area contributed by atoms with Crippen molar-refractivity contribution in [1.82, 2.24) is 54.7 Å². The smallest absolute Gasteiger partial charge is 0.425 e. The highest BCUT2D eigenvalue weighted by atomic mass is 35.5. The fourth-order valence-electron chi connectivity index (χ4n) is 11.5. The van der Waals surface area contributed by atoms with Crippen molar-refractivity contribution >= 4 is 112 Å². The van der Waals surface area contributed by atoms with Gasteiger partial charge in [-0.3, -0.25) is 33.5 Å². The lowest BCUT2D eigenvalue weighted by Crippen LogP contribution is -2.36. The largest absolute Gasteiger partial charge is 0.496 e. The average molecular weight is 1470 g/mol. The van der Waals surface area contributed by atoms with Crippen LogP contribution >= 0.6 is 11.6 Å². The van der Waals surface area contributed by atoms with Crippen LogP contribution in [-0.2, 0) is 20.7 Å². The van der Waals surface area contributed by atoms with Crippen molar-refractivity contribution < 1.29 is 58.7 Å². The van der Waals surface area contributed by atoms with Crippen LogP contribution in [0.15, 0.2) is 245 Å². The van der Waals surface area contributed by atoms with Crippen molar-refractivity contribution in [3.63, 3.8) is 0 Å². The van der Waals surface area contributed by atoms with E-state index in [9.17, 15) is 36.9 Å². The van der Waals surface area contributed by atoms with Crippen molar-refractivity contribution in [2.45, 2.75) is 11.8 Å². The number of carbonyl (C=O) groups is 4. The number of methoxy groups -OCH3 is 2. The monoisotopic (exact) mass is 1470 g/mol. The Balaban J connectivity index is 0.000000138. The normalized spacial score (nSPS) is 12.1. The molecule has 29 heteroatoms. The first-order chi connectivity index (χ1) is 51.0. The lowest BCUT2D eigenvalue weighted by atomic mass is 9.94. The number of hydrogen-bond acceptors (Lipinski definition) is 21. The molecule has 14 aromatic rings. The molecule has 6 heterocycles. The Morgan fingerprint density at radius 2 is 1.00 bits per heavy atom. The van der Waals surface area contributed by atoms with E-state index in [1.54, 1.807) is 117 Å². The molecule has 0 atom stereocenters. The molecule has 16 rings (SSSR count). The molecule has 2 aliphatic heterocycles. The molecule has 0 saturated carbocycles. The predicted octanol–water partition coefficient (Wildman–Crippen LogP) is 13.1. The van der Waals surface area contributed by atoms with E-state index in [2.05, 4.69) is 40.7 Å². The number of aromatic nitrogens is 9. The van der Waals surface area contributed by atoms with Crippen LogP contribution in [0.25, 0.3) is 89.7 Å². The lowest BCUT2D eigenvalue weighted by Gasteiger charge is -2.24. The van der Waals surface area contributed by atoms with Crippen LogP contribution in [0.5, 0.6) is 11.5 Å². The van der Waals surface area contributed by atoms with E-state index in [4.69, 9.17) is 38.1 Å². The topological polar surface area (TPSA) is 341 Å². The Kier molecular flexibility index (Phi) is 21.4. The Hall–Kier alpha value is -13.5. The fraction of sp³-hybridized carbons (Fsp3) is 0.0649. The molecule has 106 heavy (non-hydrogen) atoms. The first-order valence-electron chi connectivity index (χ1n) is 31.8. The average Bonchev–Trinajstić information content (AvgIpc) is 0.761. The number of carbonyl (C=O) groups excluding carboxylic acids is 4. The summed E-state index contributed by atoms with van der Waals surface area (Å²) in [5.41, 5.74) is 9.89. The van der Waals surface area contributed by atoms with Gasteiger partial charge in [-0.1, -0.05) is 146 Å². The van der Waals surface area contributed by atoms with Crippen molar-refractivity contribution in [2.75, 3.05) is 33.6 Å². The summed E-state index contributed by atoms with van der Waals surface area (Å²) in [4.78, 5) is 77.7. The Morgan fingerprint density at radius 1 is 0.519 bits per heavy atom. The SMILES string of the molecule is COc1ccc2c3c(cccc13)C(=O)N(C)C2=O.COc1ccc2c3c(cccc13)C(=O)N(C)C2=O.Cc1nc(Cl)nc(Nc2ccc3cc(-c4ccccc4)c(=O)oc3c2)n1.O=S(=O)(O)c1cc(-n2ncc(-c3ccccc3)n2)ccc1C=Cc1ccc(-n2ncc(-c3ccccc3)n2)cc1.O=S(=O)=O. The number of aryl methyl sites for hydroxylation is 1. The second kappa shape index (κ2) is 31.4. The Labute approximate surface area is 609 Å². The van der Waals surface area contributed by atoms with E-state index < -0.39 is 20.7 Å². The van der Waals surface area contributed by atoms with Crippen LogP contribution in [0.3, 0.4) is 0 Å². The molecule has 0 bridgehead atoms. The van der Waals surface area contributed by atoms with E-state index >= 15 is 0 Å². The Morgan fingerprint density at radius 3 is 1.49 bits per heavy atom. The molecule has 528 valence electrons. The summed E-state index contributed by atoms with van der Waals surface area (Å²) in [6.45, 7) is 1.73.